The topological polar surface area (TPSA) is 59.1 Å². The summed E-state index contributed by atoms with van der Waals surface area (Å²) in [6, 6.07) is 14.9. The van der Waals surface area contributed by atoms with Crippen molar-refractivity contribution in [3.63, 3.8) is 0 Å². The SMILES string of the molecule is N=C(N)c1ccc(OCCSc2ccccc2Cl)cc1. The van der Waals surface area contributed by atoms with Gasteiger partial charge >= 0.3 is 0 Å². The van der Waals surface area contributed by atoms with Crippen molar-refractivity contribution in [2.45, 2.75) is 4.90 Å². The van der Waals surface area contributed by atoms with Gasteiger partial charge in [0.05, 0.1) is 11.6 Å². The first kappa shape index (κ1) is 14.8. The van der Waals surface area contributed by atoms with Crippen LogP contribution in [0, 0.1) is 5.41 Å². The summed E-state index contributed by atoms with van der Waals surface area (Å²) in [6.07, 6.45) is 0. The maximum absolute atomic E-state index is 7.31. The van der Waals surface area contributed by atoms with Gasteiger partial charge in [0.1, 0.15) is 11.6 Å². The molecule has 3 N–H and O–H groups in total. The fraction of sp³-hybridized carbons (Fsp3) is 0.133. The van der Waals surface area contributed by atoms with Gasteiger partial charge in [-0.2, -0.15) is 0 Å². The lowest BCUT2D eigenvalue weighted by Crippen LogP contribution is -2.10. The van der Waals surface area contributed by atoms with E-state index in [9.17, 15) is 0 Å². The molecule has 2 aromatic rings. The van der Waals surface area contributed by atoms with Crippen LogP contribution in [0.4, 0.5) is 0 Å². The van der Waals surface area contributed by atoms with Gasteiger partial charge in [0, 0.05) is 16.2 Å². The molecular weight excluding hydrogens is 292 g/mol. The summed E-state index contributed by atoms with van der Waals surface area (Å²) < 4.78 is 5.63. The lowest BCUT2D eigenvalue weighted by atomic mass is 10.2. The van der Waals surface area contributed by atoms with Crippen molar-refractivity contribution in [2.75, 3.05) is 12.4 Å². The van der Waals surface area contributed by atoms with Crippen molar-refractivity contribution < 1.29 is 4.74 Å². The minimum atomic E-state index is 0.0609. The largest absolute Gasteiger partial charge is 0.493 e. The molecule has 0 saturated heterocycles. The van der Waals surface area contributed by atoms with Crippen LogP contribution < -0.4 is 10.5 Å². The molecule has 20 heavy (non-hydrogen) atoms. The van der Waals surface area contributed by atoms with Gasteiger partial charge in [-0.3, -0.25) is 5.41 Å². The zero-order valence-corrected chi connectivity index (χ0v) is 12.4. The predicted octanol–water partition coefficient (Wildman–Crippen LogP) is 3.80. The lowest BCUT2D eigenvalue weighted by Gasteiger charge is -2.07. The monoisotopic (exact) mass is 306 g/mol. The second-order valence-corrected chi connectivity index (χ2v) is 5.61. The molecule has 0 spiro atoms. The van der Waals surface area contributed by atoms with E-state index in [0.717, 1.165) is 21.4 Å². The number of nitrogen functional groups attached to an aromatic ring is 1. The Labute approximate surface area is 127 Å². The van der Waals surface area contributed by atoms with Crippen molar-refractivity contribution in [1.82, 2.24) is 0 Å². The Morgan fingerprint density at radius 1 is 1.15 bits per heavy atom. The number of amidine groups is 1. The van der Waals surface area contributed by atoms with E-state index in [4.69, 9.17) is 27.5 Å². The minimum absolute atomic E-state index is 0.0609. The molecule has 0 saturated carbocycles. The molecule has 0 heterocycles. The Hall–Kier alpha value is -1.65. The Morgan fingerprint density at radius 3 is 2.50 bits per heavy atom. The number of thioether (sulfide) groups is 1. The van der Waals surface area contributed by atoms with Crippen molar-refractivity contribution in [2.24, 2.45) is 5.73 Å². The second-order valence-electron chi connectivity index (χ2n) is 4.07. The number of halogens is 1. The van der Waals surface area contributed by atoms with Gasteiger partial charge in [-0.15, -0.1) is 11.8 Å². The maximum Gasteiger partial charge on any atom is 0.122 e. The Morgan fingerprint density at radius 2 is 1.85 bits per heavy atom. The molecule has 104 valence electrons. The Balaban J connectivity index is 1.79. The highest BCUT2D eigenvalue weighted by Crippen LogP contribution is 2.26. The molecule has 0 bridgehead atoms. The van der Waals surface area contributed by atoms with Gasteiger partial charge in [0.2, 0.25) is 0 Å². The summed E-state index contributed by atoms with van der Waals surface area (Å²) in [7, 11) is 0. The summed E-state index contributed by atoms with van der Waals surface area (Å²) >= 11 is 7.74. The quantitative estimate of drug-likeness (QED) is 0.369. The molecular formula is C15H15ClN2OS. The highest BCUT2D eigenvalue weighted by atomic mass is 35.5. The van der Waals surface area contributed by atoms with Gasteiger partial charge in [0.15, 0.2) is 0 Å². The summed E-state index contributed by atoms with van der Waals surface area (Å²) in [4.78, 5) is 1.06. The molecule has 0 aliphatic heterocycles. The number of ether oxygens (including phenoxy) is 1. The average Bonchev–Trinajstić information content (AvgIpc) is 2.46. The fourth-order valence-electron chi connectivity index (χ4n) is 1.60. The van der Waals surface area contributed by atoms with Crippen LogP contribution >= 0.6 is 23.4 Å². The Bertz CT molecular complexity index is 587. The van der Waals surface area contributed by atoms with Gasteiger partial charge in [0.25, 0.3) is 0 Å². The van der Waals surface area contributed by atoms with E-state index in [1.165, 1.54) is 0 Å². The zero-order valence-electron chi connectivity index (χ0n) is 10.8. The van der Waals surface area contributed by atoms with Crippen LogP contribution in [0.1, 0.15) is 5.56 Å². The van der Waals surface area contributed by atoms with Gasteiger partial charge < -0.3 is 10.5 Å². The average molecular weight is 307 g/mol. The van der Waals surface area contributed by atoms with Crippen LogP contribution in [-0.4, -0.2) is 18.2 Å². The number of benzene rings is 2. The molecule has 0 atom stereocenters. The summed E-state index contributed by atoms with van der Waals surface area (Å²) in [5.41, 5.74) is 6.09. The second kappa shape index (κ2) is 7.22. The molecule has 2 rings (SSSR count). The molecule has 3 nitrogen and oxygen atoms in total. The molecule has 0 aromatic heterocycles. The molecule has 0 fully saturated rings. The smallest absolute Gasteiger partial charge is 0.122 e. The van der Waals surface area contributed by atoms with Crippen LogP contribution in [0.3, 0.4) is 0 Å². The molecule has 0 unspecified atom stereocenters. The fourth-order valence-corrected chi connectivity index (χ4v) is 2.67. The highest BCUT2D eigenvalue weighted by Gasteiger charge is 2.01. The van der Waals surface area contributed by atoms with Crippen molar-refractivity contribution in [3.8, 4) is 5.75 Å². The first-order valence-electron chi connectivity index (χ1n) is 6.11. The summed E-state index contributed by atoms with van der Waals surface area (Å²) in [5.74, 6) is 1.65. The van der Waals surface area contributed by atoms with E-state index >= 15 is 0 Å². The minimum Gasteiger partial charge on any atom is -0.493 e. The van der Waals surface area contributed by atoms with E-state index in [2.05, 4.69) is 0 Å². The molecule has 0 radical (unpaired) electrons. The van der Waals surface area contributed by atoms with Gasteiger partial charge in [-0.1, -0.05) is 23.7 Å². The predicted molar refractivity (Wildman–Crippen MR) is 85.1 cm³/mol. The van der Waals surface area contributed by atoms with Crippen LogP contribution in [0.2, 0.25) is 5.02 Å². The lowest BCUT2D eigenvalue weighted by molar-refractivity contribution is 0.344. The van der Waals surface area contributed by atoms with Crippen LogP contribution in [0.5, 0.6) is 5.75 Å². The molecule has 2 aromatic carbocycles. The number of nitrogens with one attached hydrogen (secondary N) is 1. The summed E-state index contributed by atoms with van der Waals surface area (Å²) in [6.45, 7) is 0.593. The van der Waals surface area contributed by atoms with E-state index in [1.54, 1.807) is 23.9 Å². The highest BCUT2D eigenvalue weighted by molar-refractivity contribution is 7.99. The number of rotatable bonds is 6. The van der Waals surface area contributed by atoms with Crippen LogP contribution in [-0.2, 0) is 0 Å². The van der Waals surface area contributed by atoms with E-state index in [-0.39, 0.29) is 5.84 Å². The maximum atomic E-state index is 7.31. The van der Waals surface area contributed by atoms with E-state index in [0.29, 0.717) is 12.2 Å². The normalized spacial score (nSPS) is 10.2. The van der Waals surface area contributed by atoms with Crippen molar-refractivity contribution in [1.29, 1.82) is 5.41 Å². The van der Waals surface area contributed by atoms with Crippen molar-refractivity contribution in [3.05, 3.63) is 59.1 Å². The molecule has 0 aliphatic carbocycles. The third-order valence-corrected chi connectivity index (χ3v) is 4.09. The molecule has 5 heteroatoms. The van der Waals surface area contributed by atoms with Gasteiger partial charge in [-0.25, -0.2) is 0 Å². The zero-order chi connectivity index (χ0) is 14.4. The Kier molecular flexibility index (Phi) is 5.32. The van der Waals surface area contributed by atoms with E-state index in [1.807, 2.05) is 36.4 Å². The first-order chi connectivity index (χ1) is 9.66. The van der Waals surface area contributed by atoms with Crippen LogP contribution in [0.15, 0.2) is 53.4 Å². The standard InChI is InChI=1S/C15H15ClN2OS/c16-13-3-1-2-4-14(13)20-10-9-19-12-7-5-11(6-8-12)15(17)18/h1-8H,9-10H2,(H3,17,18). The number of hydrogen-bond acceptors (Lipinski definition) is 3. The van der Waals surface area contributed by atoms with E-state index < -0.39 is 0 Å². The molecule has 0 aliphatic rings. The third-order valence-electron chi connectivity index (χ3n) is 2.61. The van der Waals surface area contributed by atoms with Gasteiger partial charge in [-0.05, 0) is 36.4 Å². The van der Waals surface area contributed by atoms with Crippen molar-refractivity contribution >= 4 is 29.2 Å². The first-order valence-corrected chi connectivity index (χ1v) is 7.48. The third kappa shape index (κ3) is 4.18. The summed E-state index contributed by atoms with van der Waals surface area (Å²) in [5, 5.41) is 8.08. The number of nitrogens with two attached hydrogens (primary N) is 1. The number of hydrogen-bond donors (Lipinski definition) is 2. The molecule has 0 amide bonds. The van der Waals surface area contributed by atoms with Crippen LogP contribution in [0.25, 0.3) is 0 Å².